The van der Waals surface area contributed by atoms with Gasteiger partial charge in [-0.1, -0.05) is 412 Å². The van der Waals surface area contributed by atoms with Crippen molar-refractivity contribution in [2.75, 3.05) is 13.2 Å². The summed E-state index contributed by atoms with van der Waals surface area (Å²) in [7, 11) is 0. The topological polar surface area (TPSA) is 72.8 Å². The molecule has 0 bridgehead atoms. The summed E-state index contributed by atoms with van der Waals surface area (Å²) in [5.41, 5.74) is 0. The molecular weight excluding hydrogens is 957 g/mol. The smallest absolute Gasteiger partial charge is 0.306 e. The van der Waals surface area contributed by atoms with Gasteiger partial charge in [-0.15, -0.1) is 0 Å². The van der Waals surface area contributed by atoms with E-state index in [1.807, 2.05) is 0 Å². The molecule has 0 aromatic carbocycles. The molecule has 0 fully saturated rings. The predicted molar refractivity (Wildman–Crippen MR) is 344 cm³/mol. The Morgan fingerprint density at radius 2 is 0.397 bits per heavy atom. The standard InChI is InChI=1S/C73H144O5/c1-3-5-7-9-11-13-15-17-19-21-23-25-27-29-31-32-33-34-35-36-37-38-39-40-42-44-46-48-50-52-54-56-58-60-62-64-66-68-73(76)78-71(69-74)70-77-72(75)67-65-63-61-59-57-55-53-51-49-47-45-43-41-30-28-26-24-22-20-18-16-14-12-10-8-6-4-2/h71,74H,3-70H2,1-2H3. The summed E-state index contributed by atoms with van der Waals surface area (Å²) < 4.78 is 10.8. The fraction of sp³-hybridized carbons (Fsp3) is 0.973. The Morgan fingerprint density at radius 1 is 0.244 bits per heavy atom. The zero-order chi connectivity index (χ0) is 56.2. The molecule has 0 radical (unpaired) electrons. The number of aliphatic hydroxyl groups is 1. The zero-order valence-corrected chi connectivity index (χ0v) is 53.7. The van der Waals surface area contributed by atoms with Crippen molar-refractivity contribution < 1.29 is 24.2 Å². The van der Waals surface area contributed by atoms with E-state index in [9.17, 15) is 14.7 Å². The highest BCUT2D eigenvalue weighted by molar-refractivity contribution is 5.70. The lowest BCUT2D eigenvalue weighted by atomic mass is 10.0. The maximum Gasteiger partial charge on any atom is 0.306 e. The van der Waals surface area contributed by atoms with Gasteiger partial charge in [-0.05, 0) is 12.8 Å². The first-order valence-electron chi connectivity index (χ1n) is 36.6. The summed E-state index contributed by atoms with van der Waals surface area (Å²) >= 11 is 0. The van der Waals surface area contributed by atoms with Crippen molar-refractivity contribution in [1.82, 2.24) is 0 Å². The molecule has 0 spiro atoms. The van der Waals surface area contributed by atoms with Crippen LogP contribution in [-0.4, -0.2) is 36.4 Å². The minimum absolute atomic E-state index is 0.0552. The third kappa shape index (κ3) is 67.4. The Morgan fingerprint density at radius 3 is 0.564 bits per heavy atom. The molecule has 0 aliphatic heterocycles. The summed E-state index contributed by atoms with van der Waals surface area (Å²) in [6.45, 7) is 4.23. The van der Waals surface area contributed by atoms with Gasteiger partial charge in [0.1, 0.15) is 6.61 Å². The minimum Gasteiger partial charge on any atom is -0.462 e. The minimum atomic E-state index is -0.766. The van der Waals surface area contributed by atoms with E-state index in [1.165, 1.54) is 379 Å². The first-order chi connectivity index (χ1) is 38.6. The number of hydrogen-bond acceptors (Lipinski definition) is 5. The van der Waals surface area contributed by atoms with E-state index in [0.717, 1.165) is 32.1 Å². The van der Waals surface area contributed by atoms with Crippen LogP contribution < -0.4 is 0 Å². The normalized spacial score (nSPS) is 12.0. The van der Waals surface area contributed by atoms with E-state index < -0.39 is 6.10 Å². The van der Waals surface area contributed by atoms with Crippen LogP contribution >= 0.6 is 0 Å². The van der Waals surface area contributed by atoms with E-state index in [2.05, 4.69) is 13.8 Å². The first-order valence-corrected chi connectivity index (χ1v) is 36.6. The number of hydrogen-bond donors (Lipinski definition) is 1. The number of ether oxygens (including phenoxy) is 2. The van der Waals surface area contributed by atoms with Crippen molar-refractivity contribution in [3.05, 3.63) is 0 Å². The van der Waals surface area contributed by atoms with Crippen LogP contribution in [0.15, 0.2) is 0 Å². The lowest BCUT2D eigenvalue weighted by Crippen LogP contribution is -2.28. The van der Waals surface area contributed by atoms with Crippen molar-refractivity contribution in [2.45, 2.75) is 444 Å². The fourth-order valence-corrected chi connectivity index (χ4v) is 11.9. The Bertz CT molecular complexity index is 1110. The second kappa shape index (κ2) is 70.2. The molecule has 1 N–H and O–H groups in total. The Hall–Kier alpha value is -1.10. The van der Waals surface area contributed by atoms with Gasteiger partial charge in [-0.2, -0.15) is 0 Å². The Kier molecular flexibility index (Phi) is 69.2. The van der Waals surface area contributed by atoms with Gasteiger partial charge in [0.2, 0.25) is 0 Å². The van der Waals surface area contributed by atoms with Crippen LogP contribution in [-0.2, 0) is 19.1 Å². The summed E-state index contributed by atoms with van der Waals surface area (Å²) in [5.74, 6) is -0.557. The molecule has 0 heterocycles. The molecule has 5 nitrogen and oxygen atoms in total. The van der Waals surface area contributed by atoms with Crippen molar-refractivity contribution in [3.8, 4) is 0 Å². The number of rotatable bonds is 70. The number of esters is 2. The van der Waals surface area contributed by atoms with Gasteiger partial charge in [0.05, 0.1) is 6.61 Å². The summed E-state index contributed by atoms with van der Waals surface area (Å²) in [6, 6.07) is 0. The van der Waals surface area contributed by atoms with E-state index in [0.29, 0.717) is 12.8 Å². The van der Waals surface area contributed by atoms with Crippen LogP contribution in [0, 0.1) is 0 Å². The highest BCUT2D eigenvalue weighted by atomic mass is 16.6. The van der Waals surface area contributed by atoms with Gasteiger partial charge >= 0.3 is 11.9 Å². The highest BCUT2D eigenvalue weighted by Gasteiger charge is 2.16. The number of unbranched alkanes of at least 4 members (excludes halogenated alkanes) is 62. The third-order valence-corrected chi connectivity index (χ3v) is 17.4. The fourth-order valence-electron chi connectivity index (χ4n) is 11.9. The van der Waals surface area contributed by atoms with E-state index >= 15 is 0 Å². The van der Waals surface area contributed by atoms with Gasteiger partial charge < -0.3 is 14.6 Å². The van der Waals surface area contributed by atoms with E-state index in [4.69, 9.17) is 9.47 Å². The van der Waals surface area contributed by atoms with Crippen LogP contribution in [0.3, 0.4) is 0 Å². The molecule has 1 unspecified atom stereocenters. The average molecular weight is 1100 g/mol. The summed E-state index contributed by atoms with van der Waals surface area (Å²) in [5, 5.41) is 9.70. The molecule has 0 aliphatic rings. The molecule has 466 valence electrons. The maximum absolute atomic E-state index is 12.4. The monoisotopic (exact) mass is 1100 g/mol. The Balaban J connectivity index is 3.34. The molecule has 0 aromatic heterocycles. The van der Waals surface area contributed by atoms with E-state index in [1.54, 1.807) is 0 Å². The van der Waals surface area contributed by atoms with Gasteiger partial charge in [0.15, 0.2) is 6.10 Å². The molecule has 0 saturated heterocycles. The molecule has 0 aromatic rings. The van der Waals surface area contributed by atoms with Gasteiger partial charge in [0.25, 0.3) is 0 Å². The largest absolute Gasteiger partial charge is 0.462 e. The second-order valence-electron chi connectivity index (χ2n) is 25.4. The molecule has 0 amide bonds. The van der Waals surface area contributed by atoms with E-state index in [-0.39, 0.29) is 25.2 Å². The van der Waals surface area contributed by atoms with Crippen LogP contribution in [0.2, 0.25) is 0 Å². The van der Waals surface area contributed by atoms with Crippen LogP contribution in [0.25, 0.3) is 0 Å². The average Bonchev–Trinajstić information content (AvgIpc) is 3.44. The number of carbonyl (C=O) groups is 2. The first kappa shape index (κ1) is 76.9. The van der Waals surface area contributed by atoms with Crippen molar-refractivity contribution in [2.24, 2.45) is 0 Å². The third-order valence-electron chi connectivity index (χ3n) is 17.4. The zero-order valence-electron chi connectivity index (χ0n) is 53.7. The van der Waals surface area contributed by atoms with Crippen LogP contribution in [0.4, 0.5) is 0 Å². The summed E-state index contributed by atoms with van der Waals surface area (Å²) in [4.78, 5) is 24.7. The lowest BCUT2D eigenvalue weighted by Gasteiger charge is -2.15. The van der Waals surface area contributed by atoms with Gasteiger partial charge in [0, 0.05) is 12.8 Å². The summed E-state index contributed by atoms with van der Waals surface area (Å²) in [6.07, 6.45) is 88.9. The molecule has 0 rings (SSSR count). The van der Waals surface area contributed by atoms with Gasteiger partial charge in [-0.3, -0.25) is 9.59 Å². The van der Waals surface area contributed by atoms with Crippen molar-refractivity contribution >= 4 is 11.9 Å². The molecule has 0 aliphatic carbocycles. The quantitative estimate of drug-likeness (QED) is 0.0485. The molecule has 1 atom stereocenters. The predicted octanol–water partition coefficient (Wildman–Crippen LogP) is 25.2. The SMILES string of the molecule is CCCCCCCCCCCCCCCCCCCCCCCCCCCCCCCCCCCCCCCC(=O)OC(CO)COC(=O)CCCCCCCCCCCCCCCCCCCCCCCCCCCCC. The second-order valence-corrected chi connectivity index (χ2v) is 25.4. The van der Waals surface area contributed by atoms with Crippen molar-refractivity contribution in [1.29, 1.82) is 0 Å². The van der Waals surface area contributed by atoms with Crippen molar-refractivity contribution in [3.63, 3.8) is 0 Å². The van der Waals surface area contributed by atoms with Crippen LogP contribution in [0.1, 0.15) is 438 Å². The Labute approximate surface area is 490 Å². The maximum atomic E-state index is 12.4. The number of aliphatic hydroxyl groups excluding tert-OH is 1. The molecular formula is C73H144O5. The lowest BCUT2D eigenvalue weighted by molar-refractivity contribution is -0.161. The highest BCUT2D eigenvalue weighted by Crippen LogP contribution is 2.20. The van der Waals surface area contributed by atoms with Crippen LogP contribution in [0.5, 0.6) is 0 Å². The molecule has 0 saturated carbocycles. The van der Waals surface area contributed by atoms with Gasteiger partial charge in [-0.25, -0.2) is 0 Å². The number of carbonyl (C=O) groups excluding carboxylic acids is 2. The molecule has 5 heteroatoms. The molecule has 78 heavy (non-hydrogen) atoms.